The summed E-state index contributed by atoms with van der Waals surface area (Å²) in [6.45, 7) is 1.41. The molecule has 21 heavy (non-hydrogen) atoms. The van der Waals surface area contributed by atoms with E-state index in [0.717, 1.165) is 0 Å². The smallest absolute Gasteiger partial charge is 0.261 e. The first kappa shape index (κ1) is 15.8. The zero-order valence-electron chi connectivity index (χ0n) is 10.9. The summed E-state index contributed by atoms with van der Waals surface area (Å²) in [6.07, 6.45) is 0. The molecule has 0 atom stereocenters. The number of carbonyl (C=O) groups excluding carboxylic acids is 1. The van der Waals surface area contributed by atoms with E-state index >= 15 is 0 Å². The minimum atomic E-state index is -3.75. The van der Waals surface area contributed by atoms with Gasteiger partial charge in [-0.15, -0.1) is 0 Å². The van der Waals surface area contributed by atoms with E-state index < -0.39 is 10.0 Å². The quantitative estimate of drug-likeness (QED) is 0.853. The largest absolute Gasteiger partial charge is 0.295 e. The maximum Gasteiger partial charge on any atom is 0.261 e. The van der Waals surface area contributed by atoms with Gasteiger partial charge in [-0.1, -0.05) is 35.3 Å². The molecule has 0 saturated carbocycles. The van der Waals surface area contributed by atoms with E-state index in [9.17, 15) is 13.2 Å². The third kappa shape index (κ3) is 3.75. The number of carbonyl (C=O) groups is 1. The topological polar surface area (TPSA) is 63.2 Å². The van der Waals surface area contributed by atoms with Crippen molar-refractivity contribution < 1.29 is 13.2 Å². The standard InChI is InChI=1S/C14H11Cl2NO3S/c1-9(18)10-2-5-12(6-3-10)21(19,20)17-11-4-7-13(15)14(16)8-11/h2-8,17H,1H3. The first-order valence-corrected chi connectivity index (χ1v) is 8.12. The minimum absolute atomic E-state index is 0.0542. The number of sulfonamides is 1. The molecule has 0 bridgehead atoms. The van der Waals surface area contributed by atoms with Gasteiger partial charge in [0.1, 0.15) is 0 Å². The fourth-order valence-corrected chi connectivity index (χ4v) is 2.99. The highest BCUT2D eigenvalue weighted by Crippen LogP contribution is 2.26. The zero-order chi connectivity index (χ0) is 15.6. The van der Waals surface area contributed by atoms with Crippen molar-refractivity contribution in [3.63, 3.8) is 0 Å². The number of Topliss-reactive ketones (excluding diaryl/α,β-unsaturated/α-hetero) is 1. The van der Waals surface area contributed by atoms with Gasteiger partial charge in [0.2, 0.25) is 0 Å². The summed E-state index contributed by atoms with van der Waals surface area (Å²) < 4.78 is 26.8. The third-order valence-electron chi connectivity index (χ3n) is 2.74. The first-order valence-electron chi connectivity index (χ1n) is 5.88. The van der Waals surface area contributed by atoms with E-state index in [0.29, 0.717) is 16.3 Å². The summed E-state index contributed by atoms with van der Waals surface area (Å²) in [4.78, 5) is 11.2. The highest BCUT2D eigenvalue weighted by molar-refractivity contribution is 7.92. The van der Waals surface area contributed by atoms with Crippen LogP contribution in [0.5, 0.6) is 0 Å². The summed E-state index contributed by atoms with van der Waals surface area (Å²) in [5.74, 6) is -0.128. The summed E-state index contributed by atoms with van der Waals surface area (Å²) in [5, 5.41) is 0.592. The summed E-state index contributed by atoms with van der Waals surface area (Å²) >= 11 is 11.6. The molecule has 0 amide bonds. The molecule has 0 aromatic heterocycles. The predicted octanol–water partition coefficient (Wildman–Crippen LogP) is 4.00. The predicted molar refractivity (Wildman–Crippen MR) is 83.7 cm³/mol. The van der Waals surface area contributed by atoms with Crippen LogP contribution < -0.4 is 4.72 Å². The molecule has 0 unspecified atom stereocenters. The van der Waals surface area contributed by atoms with Crippen molar-refractivity contribution in [2.45, 2.75) is 11.8 Å². The molecule has 0 heterocycles. The van der Waals surface area contributed by atoms with Crippen LogP contribution >= 0.6 is 23.2 Å². The van der Waals surface area contributed by atoms with Crippen molar-refractivity contribution in [3.8, 4) is 0 Å². The molecule has 0 fully saturated rings. The molecular formula is C14H11Cl2NO3S. The van der Waals surface area contributed by atoms with Crippen LogP contribution in [0.2, 0.25) is 10.0 Å². The normalized spacial score (nSPS) is 11.2. The van der Waals surface area contributed by atoms with Crippen LogP contribution in [-0.2, 0) is 10.0 Å². The average molecular weight is 344 g/mol. The van der Waals surface area contributed by atoms with Gasteiger partial charge in [0.05, 0.1) is 20.6 Å². The Morgan fingerprint density at radius 1 is 1.00 bits per heavy atom. The van der Waals surface area contributed by atoms with E-state index in [2.05, 4.69) is 4.72 Å². The number of benzene rings is 2. The van der Waals surface area contributed by atoms with Gasteiger partial charge in [0.25, 0.3) is 10.0 Å². The van der Waals surface area contributed by atoms with E-state index in [-0.39, 0.29) is 15.7 Å². The van der Waals surface area contributed by atoms with Gasteiger partial charge in [0.15, 0.2) is 5.78 Å². The van der Waals surface area contributed by atoms with Crippen LogP contribution in [0.1, 0.15) is 17.3 Å². The molecule has 2 rings (SSSR count). The van der Waals surface area contributed by atoms with Gasteiger partial charge in [-0.3, -0.25) is 9.52 Å². The fraction of sp³-hybridized carbons (Fsp3) is 0.0714. The van der Waals surface area contributed by atoms with E-state index in [1.807, 2.05) is 0 Å². The minimum Gasteiger partial charge on any atom is -0.295 e. The Kier molecular flexibility index (Phi) is 4.56. The molecule has 0 spiro atoms. The van der Waals surface area contributed by atoms with Crippen LogP contribution in [0.3, 0.4) is 0 Å². The maximum atomic E-state index is 12.2. The molecule has 0 aliphatic carbocycles. The molecule has 4 nitrogen and oxygen atoms in total. The van der Waals surface area contributed by atoms with Crippen LogP contribution in [0, 0.1) is 0 Å². The van der Waals surface area contributed by atoms with Gasteiger partial charge in [0, 0.05) is 5.56 Å². The highest BCUT2D eigenvalue weighted by Gasteiger charge is 2.15. The molecule has 0 radical (unpaired) electrons. The van der Waals surface area contributed by atoms with Gasteiger partial charge in [-0.05, 0) is 37.3 Å². The number of hydrogen-bond donors (Lipinski definition) is 1. The van der Waals surface area contributed by atoms with Crippen molar-refractivity contribution >= 4 is 44.7 Å². The van der Waals surface area contributed by atoms with Gasteiger partial charge < -0.3 is 0 Å². The lowest BCUT2D eigenvalue weighted by molar-refractivity contribution is 0.101. The number of hydrogen-bond acceptors (Lipinski definition) is 3. The highest BCUT2D eigenvalue weighted by atomic mass is 35.5. The Labute approximate surface area is 132 Å². The lowest BCUT2D eigenvalue weighted by Gasteiger charge is -2.09. The van der Waals surface area contributed by atoms with E-state index in [1.54, 1.807) is 0 Å². The van der Waals surface area contributed by atoms with Crippen molar-refractivity contribution in [2.75, 3.05) is 4.72 Å². The van der Waals surface area contributed by atoms with Gasteiger partial charge in [-0.25, -0.2) is 8.42 Å². The molecule has 7 heteroatoms. The Morgan fingerprint density at radius 2 is 1.62 bits per heavy atom. The molecule has 0 aliphatic heterocycles. The Bertz CT molecular complexity index is 786. The lowest BCUT2D eigenvalue weighted by Crippen LogP contribution is -2.13. The summed E-state index contributed by atoms with van der Waals surface area (Å²) in [7, 11) is -3.75. The molecule has 2 aromatic carbocycles. The number of rotatable bonds is 4. The maximum absolute atomic E-state index is 12.2. The Morgan fingerprint density at radius 3 is 2.14 bits per heavy atom. The average Bonchev–Trinajstić information content (AvgIpc) is 2.43. The summed E-state index contributed by atoms with van der Waals surface area (Å²) in [5.41, 5.74) is 0.753. The Balaban J connectivity index is 2.29. The monoisotopic (exact) mass is 343 g/mol. The number of halogens is 2. The van der Waals surface area contributed by atoms with Gasteiger partial charge in [-0.2, -0.15) is 0 Å². The van der Waals surface area contributed by atoms with Crippen LogP contribution in [0.4, 0.5) is 5.69 Å². The SMILES string of the molecule is CC(=O)c1ccc(S(=O)(=O)Nc2ccc(Cl)c(Cl)c2)cc1. The van der Waals surface area contributed by atoms with Crippen LogP contribution in [0.25, 0.3) is 0 Å². The van der Waals surface area contributed by atoms with Crippen LogP contribution in [-0.4, -0.2) is 14.2 Å². The second kappa shape index (κ2) is 6.05. The molecular weight excluding hydrogens is 333 g/mol. The van der Waals surface area contributed by atoms with Crippen molar-refractivity contribution in [3.05, 3.63) is 58.1 Å². The zero-order valence-corrected chi connectivity index (χ0v) is 13.3. The third-order valence-corrected chi connectivity index (χ3v) is 4.88. The van der Waals surface area contributed by atoms with Gasteiger partial charge >= 0.3 is 0 Å². The second-order valence-electron chi connectivity index (χ2n) is 4.31. The number of nitrogens with one attached hydrogen (secondary N) is 1. The molecule has 110 valence electrons. The number of ketones is 1. The number of anilines is 1. The van der Waals surface area contributed by atoms with E-state index in [4.69, 9.17) is 23.2 Å². The molecule has 2 aromatic rings. The summed E-state index contributed by atoms with van der Waals surface area (Å²) in [6, 6.07) is 10.1. The molecule has 0 aliphatic rings. The molecule has 0 saturated heterocycles. The van der Waals surface area contributed by atoms with Crippen molar-refractivity contribution in [1.82, 2.24) is 0 Å². The first-order chi connectivity index (χ1) is 9.79. The fourth-order valence-electron chi connectivity index (χ4n) is 1.64. The lowest BCUT2D eigenvalue weighted by atomic mass is 10.2. The molecule has 1 N–H and O–H groups in total. The Hall–Kier alpha value is -1.56. The second-order valence-corrected chi connectivity index (χ2v) is 6.81. The van der Waals surface area contributed by atoms with Crippen LogP contribution in [0.15, 0.2) is 47.4 Å². The van der Waals surface area contributed by atoms with Crippen molar-refractivity contribution in [1.29, 1.82) is 0 Å². The van der Waals surface area contributed by atoms with Crippen molar-refractivity contribution in [2.24, 2.45) is 0 Å². The van der Waals surface area contributed by atoms with E-state index in [1.165, 1.54) is 49.4 Å².